The van der Waals surface area contributed by atoms with E-state index in [0.717, 1.165) is 21.3 Å². The van der Waals surface area contributed by atoms with Gasteiger partial charge in [0, 0.05) is 19.5 Å². The molecule has 2 aromatic rings. The van der Waals surface area contributed by atoms with E-state index < -0.39 is 34.1 Å². The standard InChI is InChI=1S/C16H22F4N6O2S/c1-9(2)6-13-23-14(16(18,19)20)12-7-21-15(24-26(12)13)22-11-4-5-25(8-10(11)17)29(3,27)28/h7,9-11H,4-6,8H2,1-3H3,(H,22,24)/t10-,11-/m1/s1. The molecule has 0 aromatic carbocycles. The van der Waals surface area contributed by atoms with Crippen LogP contribution in [0.2, 0.25) is 0 Å². The number of hydrogen-bond donors (Lipinski definition) is 1. The molecule has 1 aliphatic heterocycles. The maximum Gasteiger partial charge on any atom is 0.435 e. The molecule has 0 saturated carbocycles. The van der Waals surface area contributed by atoms with Gasteiger partial charge in [0.15, 0.2) is 5.69 Å². The third-order valence-corrected chi connectivity index (χ3v) is 5.88. The summed E-state index contributed by atoms with van der Waals surface area (Å²) in [7, 11) is -3.50. The van der Waals surface area contributed by atoms with Crippen LogP contribution in [0.5, 0.6) is 0 Å². The van der Waals surface area contributed by atoms with E-state index in [4.69, 9.17) is 0 Å². The van der Waals surface area contributed by atoms with E-state index in [-0.39, 0.29) is 49.1 Å². The zero-order valence-electron chi connectivity index (χ0n) is 16.1. The smallest absolute Gasteiger partial charge is 0.347 e. The Morgan fingerprint density at radius 2 is 2.03 bits per heavy atom. The zero-order chi connectivity index (χ0) is 21.6. The number of hydrogen-bond acceptors (Lipinski definition) is 6. The monoisotopic (exact) mass is 438 g/mol. The van der Waals surface area contributed by atoms with Crippen molar-refractivity contribution in [1.82, 2.24) is 23.9 Å². The zero-order valence-corrected chi connectivity index (χ0v) is 16.9. The van der Waals surface area contributed by atoms with Crippen LogP contribution in [0.15, 0.2) is 6.20 Å². The fourth-order valence-electron chi connectivity index (χ4n) is 3.22. The molecule has 162 valence electrons. The van der Waals surface area contributed by atoms with Crippen molar-refractivity contribution in [1.29, 1.82) is 0 Å². The lowest BCUT2D eigenvalue weighted by molar-refractivity contribution is -0.139. The summed E-state index contributed by atoms with van der Waals surface area (Å²) < 4.78 is 79.5. The molecule has 0 aliphatic carbocycles. The number of nitrogens with one attached hydrogen (secondary N) is 1. The number of aromatic nitrogens is 4. The Hall–Kier alpha value is -2.02. The molecule has 0 unspecified atom stereocenters. The maximum atomic E-state index is 14.4. The van der Waals surface area contributed by atoms with Gasteiger partial charge in [-0.3, -0.25) is 0 Å². The van der Waals surface area contributed by atoms with Gasteiger partial charge in [0.25, 0.3) is 0 Å². The second-order valence-electron chi connectivity index (χ2n) is 7.53. The first-order valence-corrected chi connectivity index (χ1v) is 10.9. The lowest BCUT2D eigenvalue weighted by Crippen LogP contribution is -2.49. The van der Waals surface area contributed by atoms with Gasteiger partial charge in [-0.15, -0.1) is 5.10 Å². The summed E-state index contributed by atoms with van der Waals surface area (Å²) in [5, 5.41) is 6.87. The van der Waals surface area contributed by atoms with E-state index >= 15 is 0 Å². The van der Waals surface area contributed by atoms with Gasteiger partial charge in [0.05, 0.1) is 18.5 Å². The van der Waals surface area contributed by atoms with Crippen molar-refractivity contribution < 1.29 is 26.0 Å². The molecule has 3 heterocycles. The molecular formula is C16H22F4N6O2S. The minimum atomic E-state index is -4.65. The number of rotatable bonds is 5. The van der Waals surface area contributed by atoms with Gasteiger partial charge in [-0.05, 0) is 12.3 Å². The summed E-state index contributed by atoms with van der Waals surface area (Å²) in [5.41, 5.74) is -1.34. The molecule has 0 amide bonds. The number of fused-ring (bicyclic) bond motifs is 1. The lowest BCUT2D eigenvalue weighted by atomic mass is 10.1. The summed E-state index contributed by atoms with van der Waals surface area (Å²) in [6, 6.07) is -0.760. The first kappa shape index (κ1) is 21.7. The topological polar surface area (TPSA) is 92.5 Å². The summed E-state index contributed by atoms with van der Waals surface area (Å²) in [5.74, 6) is 0.133. The maximum absolute atomic E-state index is 14.4. The second kappa shape index (κ2) is 7.67. The normalized spacial score (nSPS) is 21.8. The van der Waals surface area contributed by atoms with Crippen molar-refractivity contribution >= 4 is 21.5 Å². The third kappa shape index (κ3) is 4.77. The Morgan fingerprint density at radius 3 is 2.59 bits per heavy atom. The molecular weight excluding hydrogens is 416 g/mol. The highest BCUT2D eigenvalue weighted by atomic mass is 32.2. The number of halogens is 4. The molecule has 1 N–H and O–H groups in total. The van der Waals surface area contributed by atoms with Crippen LogP contribution in [-0.4, -0.2) is 63.9 Å². The van der Waals surface area contributed by atoms with Crippen LogP contribution >= 0.6 is 0 Å². The largest absolute Gasteiger partial charge is 0.435 e. The van der Waals surface area contributed by atoms with Crippen LogP contribution in [0.25, 0.3) is 5.52 Å². The van der Waals surface area contributed by atoms with Crippen molar-refractivity contribution in [2.75, 3.05) is 24.7 Å². The molecule has 0 bridgehead atoms. The van der Waals surface area contributed by atoms with Crippen LogP contribution in [0.3, 0.4) is 0 Å². The Labute approximate surface area is 165 Å². The van der Waals surface area contributed by atoms with Crippen molar-refractivity contribution in [2.45, 2.75) is 45.1 Å². The van der Waals surface area contributed by atoms with E-state index in [1.807, 2.05) is 13.8 Å². The predicted octanol–water partition coefficient (Wildman–Crippen LogP) is 2.13. The number of anilines is 1. The SMILES string of the molecule is CC(C)Cc1nc(C(F)(F)F)c2cnc(N[C@@H]3CCN(S(C)(=O)=O)C[C@H]3F)nn12. The molecule has 3 rings (SSSR count). The molecule has 8 nitrogen and oxygen atoms in total. The average Bonchev–Trinajstić information content (AvgIpc) is 2.93. The first-order valence-electron chi connectivity index (χ1n) is 9.04. The van der Waals surface area contributed by atoms with Crippen LogP contribution in [0.4, 0.5) is 23.5 Å². The molecule has 29 heavy (non-hydrogen) atoms. The summed E-state index contributed by atoms with van der Waals surface area (Å²) in [6.07, 6.45) is -3.70. The van der Waals surface area contributed by atoms with Crippen LogP contribution in [0, 0.1) is 5.92 Å². The Morgan fingerprint density at radius 1 is 1.34 bits per heavy atom. The molecule has 13 heteroatoms. The number of sulfonamides is 1. The first-order chi connectivity index (χ1) is 13.4. The van der Waals surface area contributed by atoms with Crippen molar-refractivity contribution in [3.63, 3.8) is 0 Å². The number of piperidine rings is 1. The van der Waals surface area contributed by atoms with E-state index in [9.17, 15) is 26.0 Å². The minimum Gasteiger partial charge on any atom is -0.347 e. The second-order valence-corrected chi connectivity index (χ2v) is 9.51. The fourth-order valence-corrected chi connectivity index (χ4v) is 4.07. The van der Waals surface area contributed by atoms with Gasteiger partial charge in [0.2, 0.25) is 16.0 Å². The quantitative estimate of drug-likeness (QED) is 0.719. The molecule has 1 saturated heterocycles. The van der Waals surface area contributed by atoms with Gasteiger partial charge in [0.1, 0.15) is 17.5 Å². The molecule has 0 spiro atoms. The minimum absolute atomic E-state index is 0.0450. The van der Waals surface area contributed by atoms with E-state index in [1.54, 1.807) is 0 Å². The molecule has 2 aromatic heterocycles. The van der Waals surface area contributed by atoms with Gasteiger partial charge >= 0.3 is 6.18 Å². The molecule has 0 radical (unpaired) electrons. The molecule has 2 atom stereocenters. The summed E-state index contributed by atoms with van der Waals surface area (Å²) in [4.78, 5) is 7.59. The predicted molar refractivity (Wildman–Crippen MR) is 97.7 cm³/mol. The van der Waals surface area contributed by atoms with Crippen molar-refractivity contribution in [2.24, 2.45) is 5.92 Å². The Kier molecular flexibility index (Phi) is 5.73. The van der Waals surface area contributed by atoms with Gasteiger partial charge in [-0.1, -0.05) is 13.8 Å². The highest BCUT2D eigenvalue weighted by Crippen LogP contribution is 2.32. The molecule has 1 aliphatic rings. The van der Waals surface area contributed by atoms with Crippen LogP contribution < -0.4 is 5.32 Å². The highest BCUT2D eigenvalue weighted by Gasteiger charge is 2.38. The van der Waals surface area contributed by atoms with Crippen LogP contribution in [-0.2, 0) is 22.6 Å². The number of imidazole rings is 1. The molecule has 1 fully saturated rings. The fraction of sp³-hybridized carbons (Fsp3) is 0.688. The summed E-state index contributed by atoms with van der Waals surface area (Å²) >= 11 is 0. The highest BCUT2D eigenvalue weighted by molar-refractivity contribution is 7.88. The van der Waals surface area contributed by atoms with Gasteiger partial charge in [-0.25, -0.2) is 27.3 Å². The Bertz CT molecular complexity index is 991. The lowest BCUT2D eigenvalue weighted by Gasteiger charge is -2.33. The van der Waals surface area contributed by atoms with E-state index in [0.29, 0.717) is 0 Å². The van der Waals surface area contributed by atoms with Crippen molar-refractivity contribution in [3.05, 3.63) is 17.7 Å². The Balaban J connectivity index is 1.88. The number of alkyl halides is 4. The van der Waals surface area contributed by atoms with E-state index in [1.165, 1.54) is 0 Å². The van der Waals surface area contributed by atoms with Gasteiger partial charge < -0.3 is 5.32 Å². The number of nitrogens with zero attached hydrogens (tertiary/aromatic N) is 5. The summed E-state index contributed by atoms with van der Waals surface area (Å²) in [6.45, 7) is 3.51. The average molecular weight is 438 g/mol. The third-order valence-electron chi connectivity index (χ3n) is 4.61. The van der Waals surface area contributed by atoms with Crippen molar-refractivity contribution in [3.8, 4) is 0 Å². The van der Waals surface area contributed by atoms with E-state index in [2.05, 4.69) is 20.4 Å². The van der Waals surface area contributed by atoms with Crippen LogP contribution in [0.1, 0.15) is 31.8 Å². The van der Waals surface area contributed by atoms with Gasteiger partial charge in [-0.2, -0.15) is 17.5 Å².